The number of benzene rings is 3. The van der Waals surface area contributed by atoms with Crippen molar-refractivity contribution >= 4 is 40.5 Å². The maximum Gasteiger partial charge on any atom is 0.251 e. The summed E-state index contributed by atoms with van der Waals surface area (Å²) >= 11 is 6.53. The van der Waals surface area contributed by atoms with E-state index in [-0.39, 0.29) is 18.3 Å². The van der Waals surface area contributed by atoms with Crippen LogP contribution in [0.2, 0.25) is 5.02 Å². The molecule has 0 aliphatic carbocycles. The molecule has 0 saturated carbocycles. The van der Waals surface area contributed by atoms with E-state index in [1.807, 2.05) is 25.2 Å². The molecule has 1 aliphatic rings. The van der Waals surface area contributed by atoms with Crippen LogP contribution in [0.3, 0.4) is 0 Å². The normalized spacial score (nSPS) is 13.0. The Hall–Kier alpha value is -4.34. The average Bonchev–Trinajstić information content (AvgIpc) is 3.17. The third kappa shape index (κ3) is 6.59. The summed E-state index contributed by atoms with van der Waals surface area (Å²) in [4.78, 5) is 30.6. The van der Waals surface area contributed by atoms with Crippen LogP contribution in [0.5, 0.6) is 0 Å². The molecule has 2 heterocycles. The van der Waals surface area contributed by atoms with Crippen LogP contribution in [0, 0.1) is 5.82 Å². The van der Waals surface area contributed by atoms with Gasteiger partial charge in [-0.25, -0.2) is 14.4 Å². The first kappa shape index (κ1) is 31.1. The maximum atomic E-state index is 15.8. The number of aromatic nitrogens is 2. The fourth-order valence-corrected chi connectivity index (χ4v) is 5.70. The van der Waals surface area contributed by atoms with Gasteiger partial charge in [0, 0.05) is 71.5 Å². The molecule has 0 saturated heterocycles. The summed E-state index contributed by atoms with van der Waals surface area (Å²) in [6.07, 6.45) is 3.72. The topological polar surface area (TPSA) is 85.8 Å². The minimum absolute atomic E-state index is 0.160. The maximum absolute atomic E-state index is 15.8. The standard InChI is InChI=1S/C34H37ClFN7O/c1-6-25(42(3)4)16-17-43(5)29-9-7-8-28(36)30(29)32-27-18-23(35)12-15-26(27)31-22(19-38-32)20-39-34(41-31)40-24-13-10-21(11-14-24)33(44)37-2/h7-15,18,20,25H,6,16-17,19H2,1-5H3,(H,37,44)(H,39,40,41). The largest absolute Gasteiger partial charge is 0.374 e. The first-order chi connectivity index (χ1) is 21.2. The van der Waals surface area contributed by atoms with Gasteiger partial charge in [-0.2, -0.15) is 0 Å². The highest BCUT2D eigenvalue weighted by molar-refractivity contribution is 6.32. The van der Waals surface area contributed by atoms with E-state index in [2.05, 4.69) is 46.4 Å². The van der Waals surface area contributed by atoms with Gasteiger partial charge >= 0.3 is 0 Å². The second kappa shape index (κ2) is 13.5. The van der Waals surface area contributed by atoms with Crippen molar-refractivity contribution in [2.45, 2.75) is 32.4 Å². The van der Waals surface area contributed by atoms with Crippen molar-refractivity contribution in [1.29, 1.82) is 0 Å². The van der Waals surface area contributed by atoms with Crippen LogP contribution in [0.25, 0.3) is 11.3 Å². The molecule has 1 unspecified atom stereocenters. The minimum Gasteiger partial charge on any atom is -0.374 e. The molecule has 0 spiro atoms. The first-order valence-electron chi connectivity index (χ1n) is 14.7. The van der Waals surface area contributed by atoms with Gasteiger partial charge in [0.1, 0.15) is 5.82 Å². The molecule has 1 atom stereocenters. The number of anilines is 3. The highest BCUT2D eigenvalue weighted by Crippen LogP contribution is 2.36. The molecular formula is C34H37ClFN7O. The smallest absolute Gasteiger partial charge is 0.251 e. The fraction of sp³-hybridized carbons (Fsp3) is 0.294. The number of nitrogens with zero attached hydrogens (tertiary/aromatic N) is 5. The van der Waals surface area contributed by atoms with E-state index in [9.17, 15) is 4.79 Å². The Morgan fingerprint density at radius 1 is 1.07 bits per heavy atom. The molecule has 44 heavy (non-hydrogen) atoms. The van der Waals surface area contributed by atoms with Crippen LogP contribution in [-0.4, -0.2) is 67.3 Å². The van der Waals surface area contributed by atoms with E-state index in [0.717, 1.165) is 41.9 Å². The van der Waals surface area contributed by atoms with Gasteiger partial charge in [0.2, 0.25) is 5.95 Å². The summed E-state index contributed by atoms with van der Waals surface area (Å²) < 4.78 is 15.8. The Labute approximate surface area is 263 Å². The molecule has 8 nitrogen and oxygen atoms in total. The van der Waals surface area contributed by atoms with E-state index >= 15 is 4.39 Å². The van der Waals surface area contributed by atoms with Gasteiger partial charge in [0.25, 0.3) is 5.91 Å². The predicted molar refractivity (Wildman–Crippen MR) is 177 cm³/mol. The van der Waals surface area contributed by atoms with Gasteiger partial charge in [0.15, 0.2) is 0 Å². The highest BCUT2D eigenvalue weighted by atomic mass is 35.5. The quantitative estimate of drug-likeness (QED) is 0.211. The van der Waals surface area contributed by atoms with Crippen LogP contribution >= 0.6 is 11.6 Å². The van der Waals surface area contributed by atoms with Gasteiger partial charge in [-0.3, -0.25) is 9.79 Å². The zero-order valence-electron chi connectivity index (χ0n) is 25.7. The van der Waals surface area contributed by atoms with Crippen molar-refractivity contribution in [1.82, 2.24) is 20.2 Å². The van der Waals surface area contributed by atoms with Crippen LogP contribution in [0.15, 0.2) is 71.9 Å². The third-order valence-corrected chi connectivity index (χ3v) is 8.27. The molecule has 4 aromatic rings. The van der Waals surface area contributed by atoms with Crippen molar-refractivity contribution in [2.24, 2.45) is 4.99 Å². The Morgan fingerprint density at radius 2 is 1.84 bits per heavy atom. The van der Waals surface area contributed by atoms with E-state index in [1.54, 1.807) is 49.6 Å². The lowest BCUT2D eigenvalue weighted by Gasteiger charge is -2.28. The van der Waals surface area contributed by atoms with Crippen LogP contribution < -0.4 is 15.5 Å². The van der Waals surface area contributed by atoms with E-state index < -0.39 is 0 Å². The summed E-state index contributed by atoms with van der Waals surface area (Å²) in [5, 5.41) is 6.36. The number of rotatable bonds is 10. The molecule has 2 N–H and O–H groups in total. The van der Waals surface area contributed by atoms with Gasteiger partial charge < -0.3 is 20.4 Å². The van der Waals surface area contributed by atoms with E-state index in [1.165, 1.54) is 6.07 Å². The molecule has 0 fully saturated rings. The number of halogens is 2. The number of carbonyl (C=O) groups excluding carboxylic acids is 1. The first-order valence-corrected chi connectivity index (χ1v) is 15.0. The van der Waals surface area contributed by atoms with E-state index in [0.29, 0.717) is 45.1 Å². The summed E-state index contributed by atoms with van der Waals surface area (Å²) in [7, 11) is 7.77. The summed E-state index contributed by atoms with van der Waals surface area (Å²) in [5.41, 5.74) is 6.02. The van der Waals surface area contributed by atoms with Crippen molar-refractivity contribution in [3.8, 4) is 11.3 Å². The molecule has 3 aromatic carbocycles. The average molecular weight is 614 g/mol. The van der Waals surface area contributed by atoms with Crippen LogP contribution in [0.1, 0.15) is 46.8 Å². The second-order valence-corrected chi connectivity index (χ2v) is 11.5. The van der Waals surface area contributed by atoms with Gasteiger partial charge in [-0.05, 0) is 75.5 Å². The number of carbonyl (C=O) groups is 1. The van der Waals surface area contributed by atoms with E-state index in [4.69, 9.17) is 21.6 Å². The zero-order chi connectivity index (χ0) is 31.4. The summed E-state index contributed by atoms with van der Waals surface area (Å²) in [5.74, 6) is -0.122. The highest BCUT2D eigenvalue weighted by Gasteiger charge is 2.26. The molecule has 10 heteroatoms. The Kier molecular flexibility index (Phi) is 9.56. The number of hydrogen-bond acceptors (Lipinski definition) is 7. The Balaban J connectivity index is 1.52. The second-order valence-electron chi connectivity index (χ2n) is 11.1. The number of amides is 1. The van der Waals surface area contributed by atoms with Gasteiger partial charge in [-0.15, -0.1) is 0 Å². The predicted octanol–water partition coefficient (Wildman–Crippen LogP) is 6.56. The Bertz CT molecular complexity index is 1690. The molecule has 1 aliphatic heterocycles. The fourth-order valence-electron chi connectivity index (χ4n) is 5.53. The summed E-state index contributed by atoms with van der Waals surface area (Å²) in [6.45, 7) is 3.21. The third-order valence-electron chi connectivity index (χ3n) is 8.03. The summed E-state index contributed by atoms with van der Waals surface area (Å²) in [6, 6.07) is 18.2. The molecule has 0 bridgehead atoms. The molecule has 0 radical (unpaired) electrons. The van der Waals surface area contributed by atoms with Crippen molar-refractivity contribution in [3.63, 3.8) is 0 Å². The number of aliphatic imine (C=N–C) groups is 1. The monoisotopic (exact) mass is 613 g/mol. The van der Waals surface area contributed by atoms with Crippen LogP contribution in [-0.2, 0) is 6.54 Å². The number of fused-ring (bicyclic) bond motifs is 3. The van der Waals surface area contributed by atoms with Crippen LogP contribution in [0.4, 0.5) is 21.7 Å². The van der Waals surface area contributed by atoms with Crippen molar-refractivity contribution in [3.05, 3.63) is 100.0 Å². The SMILES string of the molecule is CCC(CCN(C)c1cccc(F)c1C1=NCc2cnc(Nc3ccc(C(=O)NC)cc3)nc2-c2ccc(Cl)cc21)N(C)C. The molecule has 5 rings (SSSR count). The van der Waals surface area contributed by atoms with Gasteiger partial charge in [-0.1, -0.05) is 30.7 Å². The minimum atomic E-state index is -0.349. The Morgan fingerprint density at radius 3 is 2.55 bits per heavy atom. The molecule has 228 valence electrons. The van der Waals surface area contributed by atoms with Crippen molar-refractivity contribution < 1.29 is 9.18 Å². The van der Waals surface area contributed by atoms with Gasteiger partial charge in [0.05, 0.1) is 23.5 Å². The molecule has 1 amide bonds. The number of nitrogens with one attached hydrogen (secondary N) is 2. The molecular weight excluding hydrogens is 577 g/mol. The van der Waals surface area contributed by atoms with Crippen molar-refractivity contribution in [2.75, 3.05) is 45.0 Å². The zero-order valence-corrected chi connectivity index (χ0v) is 26.4. The lowest BCUT2D eigenvalue weighted by atomic mass is 9.93. The molecule has 1 aromatic heterocycles. The lowest BCUT2D eigenvalue weighted by molar-refractivity contribution is 0.0963. The lowest BCUT2D eigenvalue weighted by Crippen LogP contribution is -2.32. The number of hydrogen-bond donors (Lipinski definition) is 2.